The zero-order valence-electron chi connectivity index (χ0n) is 19.5. The van der Waals surface area contributed by atoms with Crippen molar-refractivity contribution in [1.82, 2.24) is 4.48 Å². The highest BCUT2D eigenvalue weighted by atomic mass is 32.2. The van der Waals surface area contributed by atoms with Crippen molar-refractivity contribution in [2.75, 3.05) is 21.1 Å². The van der Waals surface area contributed by atoms with E-state index >= 15 is 0 Å². The molecule has 0 heterocycles. The molecule has 172 valence electrons. The Bertz CT molecular complexity index is 1180. The van der Waals surface area contributed by atoms with E-state index in [9.17, 15) is 13.0 Å². The van der Waals surface area contributed by atoms with Crippen LogP contribution < -0.4 is 4.48 Å². The summed E-state index contributed by atoms with van der Waals surface area (Å²) in [4.78, 5) is -0.178. The summed E-state index contributed by atoms with van der Waals surface area (Å²) in [6.45, 7) is 1.82. The average Bonchev–Trinajstić information content (AvgIpc) is 2.77. The first-order valence-corrected chi connectivity index (χ1v) is 12.0. The average molecular weight is 462 g/mol. The maximum atomic E-state index is 10.4. The minimum atomic E-state index is -4.27. The molecular weight excluding hydrogens is 430 g/mol. The number of hydrogen-bond donors (Lipinski definition) is 0. The van der Waals surface area contributed by atoms with Crippen molar-refractivity contribution >= 4 is 28.0 Å². The number of quaternary nitrogens is 1. The summed E-state index contributed by atoms with van der Waals surface area (Å²) >= 11 is 0. The molecule has 0 aliphatic rings. The minimum absolute atomic E-state index is 0.178. The van der Waals surface area contributed by atoms with Crippen molar-refractivity contribution < 1.29 is 13.0 Å². The second-order valence-corrected chi connectivity index (χ2v) is 9.76. The molecule has 0 aliphatic carbocycles. The van der Waals surface area contributed by atoms with Crippen molar-refractivity contribution in [3.05, 3.63) is 120 Å². The monoisotopic (exact) mass is 461 g/mol. The van der Waals surface area contributed by atoms with Gasteiger partial charge in [-0.2, -0.15) is 0 Å². The largest absolute Gasteiger partial charge is 0.744 e. The maximum absolute atomic E-state index is 10.4. The topological polar surface area (TPSA) is 57.2 Å². The first kappa shape index (κ1) is 26.0. The fourth-order valence-electron chi connectivity index (χ4n) is 2.76. The summed E-state index contributed by atoms with van der Waals surface area (Å²) in [5.74, 6) is 0. The lowest BCUT2D eigenvalue weighted by Gasteiger charge is -2.23. The van der Waals surface area contributed by atoms with Crippen LogP contribution in [0, 0.1) is 6.92 Å². The molecule has 3 aromatic rings. The van der Waals surface area contributed by atoms with Crippen LogP contribution in [0.4, 0.5) is 5.69 Å². The number of allylic oxidation sites excluding steroid dienone is 4. The lowest BCUT2D eigenvalue weighted by Crippen LogP contribution is -2.34. The third kappa shape index (κ3) is 9.83. The highest BCUT2D eigenvalue weighted by molar-refractivity contribution is 7.85. The first-order valence-electron chi connectivity index (χ1n) is 10.6. The lowest BCUT2D eigenvalue weighted by molar-refractivity contribution is 0.463. The molecule has 0 radical (unpaired) electrons. The molecule has 0 N–H and O–H groups in total. The van der Waals surface area contributed by atoms with Crippen LogP contribution in [0.15, 0.2) is 108 Å². The highest BCUT2D eigenvalue weighted by Crippen LogP contribution is 2.17. The molecule has 0 fully saturated rings. The zero-order chi connectivity index (χ0) is 24.3. The number of nitrogens with zero attached hydrogens (tertiary/aromatic N) is 1. The van der Waals surface area contributed by atoms with E-state index < -0.39 is 10.1 Å². The van der Waals surface area contributed by atoms with Crippen LogP contribution in [-0.4, -0.2) is 34.1 Å². The van der Waals surface area contributed by atoms with Crippen LogP contribution >= 0.6 is 0 Å². The first-order chi connectivity index (χ1) is 15.6. The van der Waals surface area contributed by atoms with Crippen LogP contribution in [0.2, 0.25) is 0 Å². The molecule has 0 saturated heterocycles. The Labute approximate surface area is 198 Å². The Kier molecular flexibility index (Phi) is 9.55. The van der Waals surface area contributed by atoms with E-state index in [4.69, 9.17) is 0 Å². The van der Waals surface area contributed by atoms with Crippen molar-refractivity contribution in [3.8, 4) is 0 Å². The van der Waals surface area contributed by atoms with Gasteiger partial charge in [-0.15, -0.1) is 0 Å². The second-order valence-electron chi connectivity index (χ2n) is 8.38. The van der Waals surface area contributed by atoms with E-state index in [2.05, 4.69) is 81.8 Å². The van der Waals surface area contributed by atoms with Crippen molar-refractivity contribution in [2.45, 2.75) is 11.8 Å². The van der Waals surface area contributed by atoms with Crippen LogP contribution in [-0.2, 0) is 10.1 Å². The fourth-order valence-corrected chi connectivity index (χ4v) is 3.23. The number of benzene rings is 3. The van der Waals surface area contributed by atoms with E-state index in [0.717, 1.165) is 10.0 Å². The molecule has 33 heavy (non-hydrogen) atoms. The molecular formula is C28H31NO3S. The molecule has 0 unspecified atom stereocenters. The van der Waals surface area contributed by atoms with E-state index in [1.165, 1.54) is 28.9 Å². The molecule has 0 bridgehead atoms. The van der Waals surface area contributed by atoms with E-state index in [1.54, 1.807) is 12.1 Å². The SMILES string of the molecule is C[N+](C)(C)c1ccc(\C=C/C=C/C=C/c2ccccc2)cc1.Cc1ccc(S(=O)(=O)[O-])cc1. The molecule has 0 spiro atoms. The van der Waals surface area contributed by atoms with Gasteiger partial charge >= 0.3 is 0 Å². The summed E-state index contributed by atoms with van der Waals surface area (Å²) < 4.78 is 32.0. The molecule has 0 saturated carbocycles. The predicted octanol–water partition coefficient (Wildman–Crippen LogP) is 6.07. The highest BCUT2D eigenvalue weighted by Gasteiger charge is 2.10. The molecule has 0 aromatic heterocycles. The van der Waals surface area contributed by atoms with E-state index in [1.807, 2.05) is 37.3 Å². The Morgan fingerprint density at radius 3 is 1.61 bits per heavy atom. The van der Waals surface area contributed by atoms with Gasteiger partial charge in [0.15, 0.2) is 0 Å². The second kappa shape index (κ2) is 12.1. The van der Waals surface area contributed by atoms with Gasteiger partial charge in [0, 0.05) is 0 Å². The maximum Gasteiger partial charge on any atom is 0.132 e. The fraction of sp³-hybridized carbons (Fsp3) is 0.143. The van der Waals surface area contributed by atoms with Crippen molar-refractivity contribution in [2.24, 2.45) is 0 Å². The summed E-state index contributed by atoms with van der Waals surface area (Å²) in [7, 11) is 2.25. The van der Waals surface area contributed by atoms with E-state index in [-0.39, 0.29) is 4.90 Å². The van der Waals surface area contributed by atoms with Crippen LogP contribution in [0.25, 0.3) is 12.2 Å². The number of hydrogen-bond acceptors (Lipinski definition) is 3. The number of rotatable bonds is 6. The smallest absolute Gasteiger partial charge is 0.132 e. The normalized spacial score (nSPS) is 12.3. The summed E-state index contributed by atoms with van der Waals surface area (Å²) in [5.41, 5.74) is 4.66. The minimum Gasteiger partial charge on any atom is -0.744 e. The van der Waals surface area contributed by atoms with Gasteiger partial charge in [0.2, 0.25) is 0 Å². The molecule has 5 heteroatoms. The van der Waals surface area contributed by atoms with Gasteiger partial charge in [-0.25, -0.2) is 8.42 Å². The van der Waals surface area contributed by atoms with Crippen molar-refractivity contribution in [3.63, 3.8) is 0 Å². The quantitative estimate of drug-likeness (QED) is 0.254. The Balaban J connectivity index is 0.000000294. The summed E-state index contributed by atoms with van der Waals surface area (Å²) in [5, 5.41) is 0. The van der Waals surface area contributed by atoms with Gasteiger partial charge in [-0.05, 0) is 54.4 Å². The molecule has 3 rings (SSSR count). The predicted molar refractivity (Wildman–Crippen MR) is 139 cm³/mol. The van der Waals surface area contributed by atoms with Gasteiger partial charge in [-0.1, -0.05) is 84.5 Å². The van der Waals surface area contributed by atoms with Gasteiger partial charge in [0.25, 0.3) is 0 Å². The van der Waals surface area contributed by atoms with Gasteiger partial charge in [0.05, 0.1) is 26.0 Å². The Morgan fingerprint density at radius 2 is 1.15 bits per heavy atom. The Hall–Kier alpha value is -3.25. The van der Waals surface area contributed by atoms with Gasteiger partial charge in [-0.3, -0.25) is 4.48 Å². The van der Waals surface area contributed by atoms with Crippen LogP contribution in [0.5, 0.6) is 0 Å². The lowest BCUT2D eigenvalue weighted by atomic mass is 10.1. The summed E-state index contributed by atoms with van der Waals surface area (Å²) in [6, 6.07) is 24.8. The third-order valence-electron chi connectivity index (χ3n) is 4.69. The molecule has 0 atom stereocenters. The molecule has 0 aliphatic heterocycles. The van der Waals surface area contributed by atoms with Crippen LogP contribution in [0.1, 0.15) is 16.7 Å². The standard InChI is InChI=1S/C21H24N.C7H8O3S/c1-22(2,3)21-17-15-20(16-18-21)14-8-5-4-7-11-19-12-9-6-10-13-19;1-6-2-4-7(5-3-6)11(8,9)10/h4-18H,1-3H3;2-5H,1H3,(H,8,9,10)/q+1;/p-1/b5-4+,11-7+,14-8-;. The van der Waals surface area contributed by atoms with Gasteiger partial charge in [0.1, 0.15) is 15.8 Å². The molecule has 0 amide bonds. The van der Waals surface area contributed by atoms with Crippen LogP contribution in [0.3, 0.4) is 0 Å². The van der Waals surface area contributed by atoms with Crippen molar-refractivity contribution in [1.29, 1.82) is 0 Å². The Morgan fingerprint density at radius 1 is 0.667 bits per heavy atom. The molecule has 4 nitrogen and oxygen atoms in total. The number of aryl methyl sites for hydroxylation is 1. The summed E-state index contributed by atoms with van der Waals surface area (Å²) in [6.07, 6.45) is 12.4. The van der Waals surface area contributed by atoms with Gasteiger partial charge < -0.3 is 4.55 Å². The zero-order valence-corrected chi connectivity index (χ0v) is 20.4. The third-order valence-corrected chi connectivity index (χ3v) is 5.54. The molecule has 3 aromatic carbocycles. The van der Waals surface area contributed by atoms with E-state index in [0.29, 0.717) is 0 Å².